The quantitative estimate of drug-likeness (QED) is 0.840. The normalized spacial score (nSPS) is 10.7. The molecule has 2 rings (SSSR count). The van der Waals surface area contributed by atoms with Gasteiger partial charge in [-0.3, -0.25) is 4.79 Å². The van der Waals surface area contributed by atoms with Crippen molar-refractivity contribution in [1.82, 2.24) is 10.3 Å². The van der Waals surface area contributed by atoms with E-state index in [0.29, 0.717) is 5.56 Å². The lowest BCUT2D eigenvalue weighted by Gasteiger charge is -2.11. The van der Waals surface area contributed by atoms with Gasteiger partial charge in [-0.05, 0) is 24.6 Å². The number of aromatic nitrogens is 1. The van der Waals surface area contributed by atoms with Crippen LogP contribution < -0.4 is 14.8 Å². The Labute approximate surface area is 136 Å². The molecule has 124 valence electrons. The van der Waals surface area contributed by atoms with Gasteiger partial charge in [-0.2, -0.15) is 8.78 Å². The molecule has 8 heteroatoms. The third kappa shape index (κ3) is 5.17. The summed E-state index contributed by atoms with van der Waals surface area (Å²) >= 11 is 1.49. The molecule has 0 saturated carbocycles. The topological polar surface area (TPSA) is 60.5 Å². The minimum atomic E-state index is -2.92. The van der Waals surface area contributed by atoms with Crippen molar-refractivity contribution in [3.63, 3.8) is 0 Å². The lowest BCUT2D eigenvalue weighted by molar-refractivity contribution is -0.120. The number of aryl methyl sites for hydroxylation is 1. The average molecular weight is 342 g/mol. The molecular weight excluding hydrogens is 326 g/mol. The predicted octanol–water partition coefficient (Wildman–Crippen LogP) is 2.92. The lowest BCUT2D eigenvalue weighted by atomic mass is 10.2. The van der Waals surface area contributed by atoms with Crippen molar-refractivity contribution in [3.05, 3.63) is 39.8 Å². The summed E-state index contributed by atoms with van der Waals surface area (Å²) in [4.78, 5) is 16.1. The molecule has 1 N–H and O–H groups in total. The first-order valence-corrected chi connectivity index (χ1v) is 7.65. The Morgan fingerprint density at radius 3 is 2.78 bits per heavy atom. The van der Waals surface area contributed by atoms with Crippen molar-refractivity contribution in [2.45, 2.75) is 26.5 Å². The minimum Gasteiger partial charge on any atom is -0.493 e. The first kappa shape index (κ1) is 17.1. The molecule has 0 saturated heterocycles. The maximum atomic E-state index is 12.3. The lowest BCUT2D eigenvalue weighted by Crippen LogP contribution is -2.24. The van der Waals surface area contributed by atoms with Crippen molar-refractivity contribution in [3.8, 4) is 11.5 Å². The van der Waals surface area contributed by atoms with Gasteiger partial charge < -0.3 is 14.8 Å². The van der Waals surface area contributed by atoms with E-state index in [0.717, 1.165) is 10.7 Å². The molecule has 0 unspecified atom stereocenters. The van der Waals surface area contributed by atoms with Gasteiger partial charge in [0.05, 0.1) is 24.2 Å². The number of methoxy groups -OCH3 is 1. The molecule has 0 fully saturated rings. The second-order valence-electron chi connectivity index (χ2n) is 4.68. The zero-order valence-electron chi connectivity index (χ0n) is 12.6. The molecule has 1 aromatic heterocycles. The summed E-state index contributed by atoms with van der Waals surface area (Å²) in [5.74, 6) is -0.0233. The fourth-order valence-corrected chi connectivity index (χ4v) is 2.54. The summed E-state index contributed by atoms with van der Waals surface area (Å²) in [7, 11) is 1.36. The van der Waals surface area contributed by atoms with Crippen LogP contribution >= 0.6 is 11.3 Å². The van der Waals surface area contributed by atoms with E-state index < -0.39 is 6.61 Å². The number of halogens is 2. The maximum absolute atomic E-state index is 12.3. The third-order valence-electron chi connectivity index (χ3n) is 2.94. The van der Waals surface area contributed by atoms with Gasteiger partial charge in [0.2, 0.25) is 5.91 Å². The van der Waals surface area contributed by atoms with Gasteiger partial charge in [0.25, 0.3) is 0 Å². The Kier molecular flexibility index (Phi) is 5.86. The third-order valence-corrected chi connectivity index (χ3v) is 3.76. The molecule has 0 aliphatic heterocycles. The van der Waals surface area contributed by atoms with Crippen LogP contribution in [0.1, 0.15) is 16.3 Å². The van der Waals surface area contributed by atoms with Gasteiger partial charge in [0, 0.05) is 11.9 Å². The van der Waals surface area contributed by atoms with Crippen LogP contribution in [0.2, 0.25) is 0 Å². The van der Waals surface area contributed by atoms with E-state index in [1.165, 1.54) is 24.5 Å². The van der Waals surface area contributed by atoms with Gasteiger partial charge in [-0.15, -0.1) is 11.3 Å². The number of hydrogen-bond acceptors (Lipinski definition) is 5. The van der Waals surface area contributed by atoms with E-state index in [2.05, 4.69) is 15.0 Å². The molecule has 0 aliphatic rings. The molecule has 1 heterocycles. The molecule has 1 amide bonds. The standard InChI is InChI=1S/C15H16F2N2O3S/c1-9-19-11(8-23-9)6-14(20)18-7-10-3-4-12(22-15(16)17)13(5-10)21-2/h3-5,8,15H,6-7H2,1-2H3,(H,18,20). The van der Waals surface area contributed by atoms with E-state index in [-0.39, 0.29) is 30.4 Å². The van der Waals surface area contributed by atoms with E-state index in [1.807, 2.05) is 12.3 Å². The van der Waals surface area contributed by atoms with E-state index in [1.54, 1.807) is 12.1 Å². The molecule has 0 spiro atoms. The first-order chi connectivity index (χ1) is 11.0. The molecule has 23 heavy (non-hydrogen) atoms. The van der Waals surface area contributed by atoms with Gasteiger partial charge in [0.1, 0.15) is 0 Å². The van der Waals surface area contributed by atoms with Crippen molar-refractivity contribution in [1.29, 1.82) is 0 Å². The highest BCUT2D eigenvalue weighted by atomic mass is 32.1. The number of nitrogens with one attached hydrogen (secondary N) is 1. The summed E-state index contributed by atoms with van der Waals surface area (Å²) in [6.45, 7) is -0.787. The highest BCUT2D eigenvalue weighted by Gasteiger charge is 2.12. The summed E-state index contributed by atoms with van der Waals surface area (Å²) in [5.41, 5.74) is 1.44. The summed E-state index contributed by atoms with van der Waals surface area (Å²) in [6, 6.07) is 4.52. The highest BCUT2D eigenvalue weighted by molar-refractivity contribution is 7.09. The van der Waals surface area contributed by atoms with Gasteiger partial charge >= 0.3 is 6.61 Å². The minimum absolute atomic E-state index is 0.0458. The number of benzene rings is 1. The van der Waals surface area contributed by atoms with Crippen molar-refractivity contribution < 1.29 is 23.0 Å². The predicted molar refractivity (Wildman–Crippen MR) is 82.0 cm³/mol. The molecule has 2 aromatic rings. The number of thiazole rings is 1. The number of rotatable bonds is 7. The number of alkyl halides is 2. The number of nitrogens with zero attached hydrogens (tertiary/aromatic N) is 1. The zero-order valence-corrected chi connectivity index (χ0v) is 13.5. The average Bonchev–Trinajstić information content (AvgIpc) is 2.90. The second-order valence-corrected chi connectivity index (χ2v) is 5.74. The molecule has 0 bridgehead atoms. The maximum Gasteiger partial charge on any atom is 0.387 e. The van der Waals surface area contributed by atoms with Gasteiger partial charge in [0.15, 0.2) is 11.5 Å². The zero-order chi connectivity index (χ0) is 16.8. The van der Waals surface area contributed by atoms with Gasteiger partial charge in [-0.1, -0.05) is 6.07 Å². The van der Waals surface area contributed by atoms with Crippen LogP contribution in [0.15, 0.2) is 23.6 Å². The van der Waals surface area contributed by atoms with E-state index in [4.69, 9.17) is 4.74 Å². The summed E-state index contributed by atoms with van der Waals surface area (Å²) in [6.07, 6.45) is 0.202. The number of hydrogen-bond donors (Lipinski definition) is 1. The van der Waals surface area contributed by atoms with E-state index in [9.17, 15) is 13.6 Å². The van der Waals surface area contributed by atoms with Crippen molar-refractivity contribution in [2.75, 3.05) is 7.11 Å². The molecule has 1 aromatic carbocycles. The first-order valence-electron chi connectivity index (χ1n) is 6.77. The van der Waals surface area contributed by atoms with E-state index >= 15 is 0 Å². The SMILES string of the molecule is COc1cc(CNC(=O)Cc2csc(C)n2)ccc1OC(F)F. The summed E-state index contributed by atoms with van der Waals surface area (Å²) < 4.78 is 33.9. The van der Waals surface area contributed by atoms with Crippen LogP contribution in [0, 0.1) is 6.92 Å². The molecule has 0 radical (unpaired) electrons. The number of amides is 1. The molecule has 0 atom stereocenters. The van der Waals surface area contributed by atoms with Crippen LogP contribution in [-0.4, -0.2) is 24.6 Å². The van der Waals surface area contributed by atoms with Crippen molar-refractivity contribution in [2.24, 2.45) is 0 Å². The monoisotopic (exact) mass is 342 g/mol. The van der Waals surface area contributed by atoms with Crippen LogP contribution in [0.4, 0.5) is 8.78 Å². The molecular formula is C15H16F2N2O3S. The van der Waals surface area contributed by atoms with Crippen LogP contribution in [0.25, 0.3) is 0 Å². The second kappa shape index (κ2) is 7.87. The number of ether oxygens (including phenoxy) is 2. The molecule has 5 nitrogen and oxygen atoms in total. The van der Waals surface area contributed by atoms with Crippen molar-refractivity contribution >= 4 is 17.2 Å². The summed E-state index contributed by atoms with van der Waals surface area (Å²) in [5, 5.41) is 5.50. The highest BCUT2D eigenvalue weighted by Crippen LogP contribution is 2.29. The largest absolute Gasteiger partial charge is 0.493 e. The fraction of sp³-hybridized carbons (Fsp3) is 0.333. The fourth-order valence-electron chi connectivity index (χ4n) is 1.93. The Balaban J connectivity index is 1.93. The Bertz CT molecular complexity index is 676. The number of carbonyl (C=O) groups is 1. The smallest absolute Gasteiger partial charge is 0.387 e. The van der Waals surface area contributed by atoms with Gasteiger partial charge in [-0.25, -0.2) is 4.98 Å². The van der Waals surface area contributed by atoms with Crippen LogP contribution in [-0.2, 0) is 17.8 Å². The number of carbonyl (C=O) groups excluding carboxylic acids is 1. The van der Waals surface area contributed by atoms with Crippen LogP contribution in [0.5, 0.6) is 11.5 Å². The Morgan fingerprint density at radius 1 is 1.39 bits per heavy atom. The Morgan fingerprint density at radius 2 is 2.17 bits per heavy atom. The van der Waals surface area contributed by atoms with Crippen LogP contribution in [0.3, 0.4) is 0 Å². The molecule has 0 aliphatic carbocycles. The Hall–Kier alpha value is -2.22.